The summed E-state index contributed by atoms with van der Waals surface area (Å²) in [6.45, 7) is 7.18. The van der Waals surface area contributed by atoms with Gasteiger partial charge in [-0.15, -0.1) is 11.3 Å². The van der Waals surface area contributed by atoms with E-state index in [4.69, 9.17) is 9.47 Å². The molecule has 12 heteroatoms. The number of hydrogen-bond acceptors (Lipinski definition) is 9. The maximum Gasteiger partial charge on any atom is 0.306 e. The van der Waals surface area contributed by atoms with E-state index >= 15 is 0 Å². The third kappa shape index (κ3) is 11.6. The zero-order valence-corrected chi connectivity index (χ0v) is 35.4. The molecule has 314 valence electrons. The van der Waals surface area contributed by atoms with E-state index in [1.165, 1.54) is 4.90 Å². The zero-order chi connectivity index (χ0) is 41.7. The number of aromatic nitrogens is 1. The number of likely N-dealkylation sites (tertiary alicyclic amines) is 1. The van der Waals surface area contributed by atoms with Crippen LogP contribution in [0.1, 0.15) is 111 Å². The van der Waals surface area contributed by atoms with Gasteiger partial charge < -0.3 is 29.7 Å². The van der Waals surface area contributed by atoms with Crippen LogP contribution >= 0.6 is 11.3 Å². The summed E-state index contributed by atoms with van der Waals surface area (Å²) >= 11 is 1.57. The number of thiazole rings is 1. The van der Waals surface area contributed by atoms with E-state index in [0.29, 0.717) is 37.5 Å². The number of nitrogens with zero attached hydrogens (tertiary/aromatic N) is 3. The van der Waals surface area contributed by atoms with Crippen molar-refractivity contribution in [1.82, 2.24) is 20.1 Å². The van der Waals surface area contributed by atoms with Gasteiger partial charge in [-0.3, -0.25) is 19.2 Å². The van der Waals surface area contributed by atoms with Crippen molar-refractivity contribution in [2.45, 2.75) is 123 Å². The molecule has 1 aromatic heterocycles. The Hall–Kier alpha value is -5.07. The second-order valence-electron chi connectivity index (χ2n) is 16.1. The number of β-amino-alcohol motifs (C(OH)–C–C–N with tert-alkyl or cyclic N) is 1. The lowest BCUT2D eigenvalue weighted by molar-refractivity contribution is -0.145. The molecule has 0 saturated carbocycles. The molecule has 3 heterocycles. The van der Waals surface area contributed by atoms with Gasteiger partial charge in [0.2, 0.25) is 11.8 Å². The minimum atomic E-state index is -0.872. The number of unbranched alkanes of at least 4 members (excludes halogenated alkanes) is 7. The number of ether oxygens (including phenoxy) is 2. The number of benzene rings is 3. The number of aliphatic hydroxyl groups excluding tert-OH is 1. The number of aliphatic hydroxyl groups is 1. The predicted molar refractivity (Wildman–Crippen MR) is 228 cm³/mol. The molecule has 11 nitrogen and oxygen atoms in total. The van der Waals surface area contributed by atoms with Crippen molar-refractivity contribution in [2.75, 3.05) is 13.2 Å². The third-order valence-corrected chi connectivity index (χ3v) is 12.2. The van der Waals surface area contributed by atoms with Crippen LogP contribution in [-0.4, -0.2) is 74.9 Å². The monoisotopic (exact) mass is 822 g/mol. The molecule has 1 fully saturated rings. The lowest BCUT2D eigenvalue weighted by Crippen LogP contribution is -2.55. The standard InChI is InChI=1S/C47H58N4O7S/c1-32(2)43(51-28-37-19-14-15-20-39(37)46(51)55)47(56)50-29-38(52)26-40(50)45(54)48-27-36-23-22-35(44-33(3)49-31-59-44)25-41(36)57-24-16-9-7-5-4-6-8-13-21-42(53)58-30-34-17-11-10-12-18-34/h10-12,14-15,17-20,22-23,25,31-32,38,40,43,52H,4-9,13,16,21,24,26-30H2,1-3H3,(H,48,54)/t38-,40+,43?/m1/s1. The molecular weight excluding hydrogens is 765 g/mol. The molecule has 59 heavy (non-hydrogen) atoms. The van der Waals surface area contributed by atoms with E-state index in [1.54, 1.807) is 22.3 Å². The molecule has 4 aromatic rings. The van der Waals surface area contributed by atoms with Crippen molar-refractivity contribution in [3.8, 4) is 16.2 Å². The van der Waals surface area contributed by atoms with Crippen molar-refractivity contribution in [2.24, 2.45) is 5.92 Å². The molecule has 1 saturated heterocycles. The average molecular weight is 823 g/mol. The SMILES string of the molecule is Cc1ncsc1-c1ccc(CNC(=O)[C@@H]2C[C@@H](O)CN2C(=O)C(C(C)C)N2Cc3ccccc3C2=O)c(OCCCCCCCCCCC(=O)OCc2ccccc2)c1. The number of fused-ring (bicyclic) bond motifs is 1. The lowest BCUT2D eigenvalue weighted by Gasteiger charge is -2.35. The van der Waals surface area contributed by atoms with Gasteiger partial charge in [-0.25, -0.2) is 4.98 Å². The van der Waals surface area contributed by atoms with E-state index in [2.05, 4.69) is 10.3 Å². The number of nitrogens with one attached hydrogen (secondary N) is 1. The minimum Gasteiger partial charge on any atom is -0.493 e. The number of hydrogen-bond donors (Lipinski definition) is 2. The van der Waals surface area contributed by atoms with Crippen molar-refractivity contribution in [3.05, 3.63) is 106 Å². The van der Waals surface area contributed by atoms with Crippen LogP contribution in [0.5, 0.6) is 5.75 Å². The molecule has 2 aliphatic heterocycles. The third-order valence-electron chi connectivity index (χ3n) is 11.2. The van der Waals surface area contributed by atoms with Crippen molar-refractivity contribution in [1.29, 1.82) is 0 Å². The first-order chi connectivity index (χ1) is 28.6. The van der Waals surface area contributed by atoms with Gasteiger partial charge in [0.25, 0.3) is 5.91 Å². The molecule has 6 rings (SSSR count). The second kappa shape index (κ2) is 21.3. The number of rotatable bonds is 21. The summed E-state index contributed by atoms with van der Waals surface area (Å²) in [5, 5.41) is 13.7. The van der Waals surface area contributed by atoms with Crippen molar-refractivity contribution in [3.63, 3.8) is 0 Å². The molecule has 2 aliphatic rings. The van der Waals surface area contributed by atoms with E-state index in [9.17, 15) is 24.3 Å². The molecule has 0 spiro atoms. The van der Waals surface area contributed by atoms with Gasteiger partial charge in [-0.05, 0) is 54.5 Å². The summed E-state index contributed by atoms with van der Waals surface area (Å²) in [4.78, 5) is 62.0. The smallest absolute Gasteiger partial charge is 0.306 e. The Bertz CT molecular complexity index is 2040. The molecular formula is C47H58N4O7S. The van der Waals surface area contributed by atoms with Crippen molar-refractivity contribution >= 4 is 35.0 Å². The largest absolute Gasteiger partial charge is 0.493 e. The Labute approximate surface area is 352 Å². The number of aryl methyl sites for hydroxylation is 1. The molecule has 3 atom stereocenters. The maximum absolute atomic E-state index is 14.2. The van der Waals surface area contributed by atoms with Gasteiger partial charge >= 0.3 is 5.97 Å². The molecule has 3 amide bonds. The Morgan fingerprint density at radius 2 is 1.64 bits per heavy atom. The fraction of sp³-hybridized carbons (Fsp3) is 0.468. The van der Waals surface area contributed by atoms with Gasteiger partial charge in [-0.2, -0.15) is 0 Å². The average Bonchev–Trinajstić information content (AvgIpc) is 3.94. The maximum atomic E-state index is 14.2. The van der Waals surface area contributed by atoms with E-state index in [0.717, 1.165) is 84.2 Å². The highest BCUT2D eigenvalue weighted by Gasteiger charge is 2.45. The van der Waals surface area contributed by atoms with Crippen LogP contribution in [-0.2, 0) is 38.8 Å². The first-order valence-electron chi connectivity index (χ1n) is 21.1. The molecule has 3 aromatic carbocycles. The first kappa shape index (κ1) is 43.5. The highest BCUT2D eigenvalue weighted by Crippen LogP contribution is 2.33. The van der Waals surface area contributed by atoms with Gasteiger partial charge in [-0.1, -0.05) is 113 Å². The van der Waals surface area contributed by atoms with Crippen LogP contribution in [0.3, 0.4) is 0 Å². The summed E-state index contributed by atoms with van der Waals surface area (Å²) in [6, 6.07) is 21.4. The van der Waals surface area contributed by atoms with Crippen LogP contribution in [0, 0.1) is 12.8 Å². The number of carbonyl (C=O) groups excluding carboxylic acids is 4. The molecule has 0 bridgehead atoms. The van der Waals surface area contributed by atoms with Crippen LogP contribution in [0.4, 0.5) is 0 Å². The molecule has 0 radical (unpaired) electrons. The molecule has 2 N–H and O–H groups in total. The summed E-state index contributed by atoms with van der Waals surface area (Å²) in [5.41, 5.74) is 7.04. The number of amides is 3. The lowest BCUT2D eigenvalue weighted by atomic mass is 10.0. The summed E-state index contributed by atoms with van der Waals surface area (Å²) < 4.78 is 11.8. The quantitative estimate of drug-likeness (QED) is 0.0637. The van der Waals surface area contributed by atoms with E-state index in [-0.39, 0.29) is 49.1 Å². The highest BCUT2D eigenvalue weighted by molar-refractivity contribution is 7.13. The highest BCUT2D eigenvalue weighted by atomic mass is 32.1. The molecule has 1 unspecified atom stereocenters. The van der Waals surface area contributed by atoms with Gasteiger partial charge in [0.05, 0.1) is 28.8 Å². The topological polar surface area (TPSA) is 138 Å². The molecule has 0 aliphatic carbocycles. The van der Waals surface area contributed by atoms with E-state index in [1.807, 2.05) is 93.0 Å². The van der Waals surface area contributed by atoms with Crippen LogP contribution in [0.2, 0.25) is 0 Å². The predicted octanol–water partition coefficient (Wildman–Crippen LogP) is 8.01. The Morgan fingerprint density at radius 3 is 2.36 bits per heavy atom. The summed E-state index contributed by atoms with van der Waals surface area (Å²) in [5.74, 6) is -0.543. The fourth-order valence-corrected chi connectivity index (χ4v) is 8.84. The van der Waals surface area contributed by atoms with Crippen LogP contribution < -0.4 is 10.1 Å². The Balaban J connectivity index is 0.974. The summed E-state index contributed by atoms with van der Waals surface area (Å²) in [7, 11) is 0. The van der Waals surface area contributed by atoms with Crippen molar-refractivity contribution < 1.29 is 33.8 Å². The zero-order valence-electron chi connectivity index (χ0n) is 34.6. The Kier molecular flexibility index (Phi) is 15.7. The number of esters is 1. The second-order valence-corrected chi connectivity index (χ2v) is 16.9. The fourth-order valence-electron chi connectivity index (χ4n) is 8.04. The van der Waals surface area contributed by atoms with Gasteiger partial charge in [0.15, 0.2) is 0 Å². The summed E-state index contributed by atoms with van der Waals surface area (Å²) in [6.07, 6.45) is 7.97. The normalized spacial score (nSPS) is 16.7. The van der Waals surface area contributed by atoms with E-state index < -0.39 is 18.2 Å². The first-order valence-corrected chi connectivity index (χ1v) is 22.0. The minimum absolute atomic E-state index is 0.0262. The van der Waals surface area contributed by atoms with Gasteiger partial charge in [0.1, 0.15) is 24.4 Å². The number of carbonyl (C=O) groups is 4. The van der Waals surface area contributed by atoms with Crippen LogP contribution in [0.25, 0.3) is 10.4 Å². The van der Waals surface area contributed by atoms with Crippen LogP contribution in [0.15, 0.2) is 78.3 Å². The van der Waals surface area contributed by atoms with Gasteiger partial charge in [0, 0.05) is 43.6 Å². The Morgan fingerprint density at radius 1 is 0.932 bits per heavy atom.